The van der Waals surface area contributed by atoms with E-state index in [1.807, 2.05) is 18.2 Å². The van der Waals surface area contributed by atoms with E-state index in [1.165, 1.54) is 7.11 Å². The van der Waals surface area contributed by atoms with Crippen molar-refractivity contribution in [2.75, 3.05) is 19.5 Å². The van der Waals surface area contributed by atoms with E-state index in [-0.39, 0.29) is 5.91 Å². The summed E-state index contributed by atoms with van der Waals surface area (Å²) < 4.78 is 16.0. The summed E-state index contributed by atoms with van der Waals surface area (Å²) in [6, 6.07) is 14.4. The zero-order valence-corrected chi connectivity index (χ0v) is 12.8. The number of anilines is 1. The number of amides is 1. The first-order chi connectivity index (χ1) is 10.6. The topological polar surface area (TPSA) is 56.8 Å². The molecule has 0 radical (unpaired) electrons. The Bertz CT molecular complexity index is 628. The second kappa shape index (κ2) is 7.36. The third kappa shape index (κ3) is 3.91. The number of para-hydroxylation sites is 1. The van der Waals surface area contributed by atoms with Gasteiger partial charge in [0.1, 0.15) is 17.2 Å². The van der Waals surface area contributed by atoms with Gasteiger partial charge in [-0.2, -0.15) is 0 Å². The third-order valence-corrected chi connectivity index (χ3v) is 3.09. The summed E-state index contributed by atoms with van der Waals surface area (Å²) in [6.07, 6.45) is -0.630. The van der Waals surface area contributed by atoms with Crippen molar-refractivity contribution in [3.63, 3.8) is 0 Å². The van der Waals surface area contributed by atoms with E-state index in [0.717, 1.165) is 0 Å². The number of hydrogen-bond acceptors (Lipinski definition) is 4. The lowest BCUT2D eigenvalue weighted by molar-refractivity contribution is -0.122. The number of carbonyl (C=O) groups is 1. The van der Waals surface area contributed by atoms with E-state index in [4.69, 9.17) is 14.2 Å². The maximum absolute atomic E-state index is 12.2. The number of hydrogen-bond donors (Lipinski definition) is 1. The Labute approximate surface area is 129 Å². The zero-order valence-electron chi connectivity index (χ0n) is 12.8. The van der Waals surface area contributed by atoms with Crippen LogP contribution in [0.4, 0.5) is 5.69 Å². The number of nitrogens with one attached hydrogen (secondary N) is 1. The van der Waals surface area contributed by atoms with Gasteiger partial charge in [-0.25, -0.2) is 0 Å². The predicted molar refractivity (Wildman–Crippen MR) is 84.7 cm³/mol. The van der Waals surface area contributed by atoms with Crippen LogP contribution in [-0.4, -0.2) is 26.2 Å². The molecule has 5 nitrogen and oxygen atoms in total. The molecular formula is C17H19NO4. The van der Waals surface area contributed by atoms with E-state index in [2.05, 4.69) is 5.32 Å². The normalized spacial score (nSPS) is 11.4. The van der Waals surface area contributed by atoms with Crippen molar-refractivity contribution in [2.24, 2.45) is 0 Å². The van der Waals surface area contributed by atoms with Gasteiger partial charge in [-0.15, -0.1) is 0 Å². The predicted octanol–water partition coefficient (Wildman–Crippen LogP) is 3.11. The molecule has 0 aliphatic heterocycles. The van der Waals surface area contributed by atoms with E-state index >= 15 is 0 Å². The van der Waals surface area contributed by atoms with Crippen molar-refractivity contribution in [2.45, 2.75) is 13.0 Å². The van der Waals surface area contributed by atoms with Crippen molar-refractivity contribution in [3.05, 3.63) is 48.5 Å². The standard InChI is InChI=1S/C17H19NO4/c1-12(22-13-7-5-4-6-8-13)17(19)18-15-10-9-14(20-2)11-16(15)21-3/h4-12H,1-3H3,(H,18,19)/t12-/m1/s1. The fourth-order valence-electron chi connectivity index (χ4n) is 1.89. The summed E-state index contributed by atoms with van der Waals surface area (Å²) in [4.78, 5) is 12.2. The first-order valence-corrected chi connectivity index (χ1v) is 6.88. The van der Waals surface area contributed by atoms with Crippen LogP contribution in [0.25, 0.3) is 0 Å². The molecule has 0 aromatic heterocycles. The molecule has 0 unspecified atom stereocenters. The van der Waals surface area contributed by atoms with E-state index in [0.29, 0.717) is 22.9 Å². The molecule has 2 aromatic rings. The van der Waals surface area contributed by atoms with Crippen LogP contribution >= 0.6 is 0 Å². The lowest BCUT2D eigenvalue weighted by Gasteiger charge is -2.16. The van der Waals surface area contributed by atoms with Gasteiger partial charge in [-0.05, 0) is 31.2 Å². The number of rotatable bonds is 6. The average molecular weight is 301 g/mol. The van der Waals surface area contributed by atoms with Crippen molar-refractivity contribution in [1.82, 2.24) is 0 Å². The fraction of sp³-hybridized carbons (Fsp3) is 0.235. The van der Waals surface area contributed by atoms with Crippen LogP contribution in [0.3, 0.4) is 0 Å². The van der Waals surface area contributed by atoms with Crippen LogP contribution in [0.5, 0.6) is 17.2 Å². The molecule has 22 heavy (non-hydrogen) atoms. The van der Waals surface area contributed by atoms with Crippen molar-refractivity contribution in [3.8, 4) is 17.2 Å². The fourth-order valence-corrected chi connectivity index (χ4v) is 1.89. The van der Waals surface area contributed by atoms with Crippen LogP contribution in [0.2, 0.25) is 0 Å². The molecule has 1 N–H and O–H groups in total. The quantitative estimate of drug-likeness (QED) is 0.890. The monoisotopic (exact) mass is 301 g/mol. The van der Waals surface area contributed by atoms with Crippen molar-refractivity contribution >= 4 is 11.6 Å². The summed E-state index contributed by atoms with van der Waals surface area (Å²) in [7, 11) is 3.11. The highest BCUT2D eigenvalue weighted by Gasteiger charge is 2.17. The molecule has 0 aliphatic carbocycles. The number of ether oxygens (including phenoxy) is 3. The Morgan fingerprint density at radius 2 is 1.73 bits per heavy atom. The molecule has 1 amide bonds. The summed E-state index contributed by atoms with van der Waals surface area (Å²) in [6.45, 7) is 1.69. The minimum absolute atomic E-state index is 0.257. The molecule has 0 saturated carbocycles. The molecule has 116 valence electrons. The van der Waals surface area contributed by atoms with Crippen LogP contribution in [0.1, 0.15) is 6.92 Å². The van der Waals surface area contributed by atoms with Gasteiger partial charge in [0.15, 0.2) is 6.10 Å². The average Bonchev–Trinajstić information content (AvgIpc) is 2.56. The molecule has 1 atom stereocenters. The number of benzene rings is 2. The summed E-state index contributed by atoms with van der Waals surface area (Å²) in [5.41, 5.74) is 0.566. The van der Waals surface area contributed by atoms with Gasteiger partial charge in [-0.1, -0.05) is 18.2 Å². The first kappa shape index (κ1) is 15.7. The molecule has 0 spiro atoms. The maximum atomic E-state index is 12.2. The minimum atomic E-state index is -0.630. The maximum Gasteiger partial charge on any atom is 0.265 e. The molecule has 5 heteroatoms. The third-order valence-electron chi connectivity index (χ3n) is 3.09. The molecule has 0 fully saturated rings. The highest BCUT2D eigenvalue weighted by atomic mass is 16.5. The number of methoxy groups -OCH3 is 2. The lowest BCUT2D eigenvalue weighted by Crippen LogP contribution is -2.30. The summed E-state index contributed by atoms with van der Waals surface area (Å²) in [5.74, 6) is 1.57. The Morgan fingerprint density at radius 3 is 2.36 bits per heavy atom. The SMILES string of the molecule is COc1ccc(NC(=O)[C@@H](C)Oc2ccccc2)c(OC)c1. The molecule has 0 saturated heterocycles. The first-order valence-electron chi connectivity index (χ1n) is 6.88. The Kier molecular flexibility index (Phi) is 5.25. The molecule has 0 aliphatic rings. The van der Waals surface area contributed by atoms with Gasteiger partial charge < -0.3 is 19.5 Å². The van der Waals surface area contributed by atoms with Gasteiger partial charge >= 0.3 is 0 Å². The Hall–Kier alpha value is -2.69. The molecular weight excluding hydrogens is 282 g/mol. The second-order valence-electron chi connectivity index (χ2n) is 4.63. The Balaban J connectivity index is 2.05. The lowest BCUT2D eigenvalue weighted by atomic mass is 10.2. The van der Waals surface area contributed by atoms with Crippen LogP contribution in [-0.2, 0) is 4.79 Å². The van der Waals surface area contributed by atoms with Crippen LogP contribution < -0.4 is 19.5 Å². The van der Waals surface area contributed by atoms with Gasteiger partial charge in [0.2, 0.25) is 0 Å². The smallest absolute Gasteiger partial charge is 0.265 e. The largest absolute Gasteiger partial charge is 0.497 e. The molecule has 2 aromatic carbocycles. The summed E-state index contributed by atoms with van der Waals surface area (Å²) >= 11 is 0. The van der Waals surface area contributed by atoms with Gasteiger partial charge in [-0.3, -0.25) is 4.79 Å². The van der Waals surface area contributed by atoms with Crippen LogP contribution in [0, 0.1) is 0 Å². The van der Waals surface area contributed by atoms with Gasteiger partial charge in [0.05, 0.1) is 19.9 Å². The second-order valence-corrected chi connectivity index (χ2v) is 4.63. The van der Waals surface area contributed by atoms with E-state index < -0.39 is 6.10 Å². The molecule has 2 rings (SSSR count). The van der Waals surface area contributed by atoms with Gasteiger partial charge in [0.25, 0.3) is 5.91 Å². The zero-order chi connectivity index (χ0) is 15.9. The summed E-state index contributed by atoms with van der Waals surface area (Å²) in [5, 5.41) is 2.79. The number of carbonyl (C=O) groups excluding carboxylic acids is 1. The molecule has 0 bridgehead atoms. The van der Waals surface area contributed by atoms with Crippen molar-refractivity contribution in [1.29, 1.82) is 0 Å². The van der Waals surface area contributed by atoms with E-state index in [1.54, 1.807) is 44.4 Å². The van der Waals surface area contributed by atoms with Crippen LogP contribution in [0.15, 0.2) is 48.5 Å². The van der Waals surface area contributed by atoms with E-state index in [9.17, 15) is 4.79 Å². The minimum Gasteiger partial charge on any atom is -0.497 e. The Morgan fingerprint density at radius 1 is 1.00 bits per heavy atom. The van der Waals surface area contributed by atoms with Gasteiger partial charge in [0, 0.05) is 6.07 Å². The highest BCUT2D eigenvalue weighted by molar-refractivity contribution is 5.95. The van der Waals surface area contributed by atoms with Crippen molar-refractivity contribution < 1.29 is 19.0 Å². The molecule has 0 heterocycles. The highest BCUT2D eigenvalue weighted by Crippen LogP contribution is 2.29.